The molecule has 1 atom stereocenters. The minimum atomic E-state index is -0.912. The van der Waals surface area contributed by atoms with Crippen molar-refractivity contribution < 1.29 is 19.1 Å². The van der Waals surface area contributed by atoms with Crippen molar-refractivity contribution >= 4 is 22.8 Å². The van der Waals surface area contributed by atoms with Gasteiger partial charge in [-0.3, -0.25) is 9.59 Å². The van der Waals surface area contributed by atoms with E-state index in [1.54, 1.807) is 17.0 Å². The van der Waals surface area contributed by atoms with Crippen LogP contribution in [0.4, 0.5) is 0 Å². The molecular weight excluding hydrogens is 330 g/mol. The zero-order valence-corrected chi connectivity index (χ0v) is 14.4. The number of aryl methyl sites for hydroxylation is 1. The summed E-state index contributed by atoms with van der Waals surface area (Å²) in [6.45, 7) is 2.38. The van der Waals surface area contributed by atoms with Gasteiger partial charge in [0.1, 0.15) is 11.3 Å². The molecule has 1 aliphatic rings. The number of hydrogen-bond acceptors (Lipinski definition) is 3. The van der Waals surface area contributed by atoms with Crippen molar-refractivity contribution in [2.45, 2.75) is 25.8 Å². The van der Waals surface area contributed by atoms with Crippen LogP contribution in [0.3, 0.4) is 0 Å². The second-order valence-electron chi connectivity index (χ2n) is 6.67. The number of rotatable bonds is 3. The van der Waals surface area contributed by atoms with Gasteiger partial charge in [0.05, 0.1) is 12.5 Å². The zero-order chi connectivity index (χ0) is 18.3. The Morgan fingerprint density at radius 3 is 2.81 bits per heavy atom. The van der Waals surface area contributed by atoms with Gasteiger partial charge in [-0.25, -0.2) is 0 Å². The van der Waals surface area contributed by atoms with E-state index < -0.39 is 12.0 Å². The number of furan rings is 1. The summed E-state index contributed by atoms with van der Waals surface area (Å²) in [5.41, 5.74) is 3.33. The lowest BCUT2D eigenvalue weighted by Crippen LogP contribution is -2.41. The Hall–Kier alpha value is -3.08. The van der Waals surface area contributed by atoms with E-state index in [2.05, 4.69) is 0 Å². The number of fused-ring (bicyclic) bond motifs is 2. The van der Waals surface area contributed by atoms with E-state index in [9.17, 15) is 14.7 Å². The topological polar surface area (TPSA) is 70.8 Å². The van der Waals surface area contributed by atoms with Crippen LogP contribution in [0.1, 0.15) is 39.7 Å². The largest absolute Gasteiger partial charge is 0.481 e. The molecule has 0 fully saturated rings. The fourth-order valence-corrected chi connectivity index (χ4v) is 3.76. The van der Waals surface area contributed by atoms with Crippen LogP contribution in [-0.4, -0.2) is 28.4 Å². The summed E-state index contributed by atoms with van der Waals surface area (Å²) in [5.74, 6) is -0.267. The Morgan fingerprint density at radius 1 is 1.19 bits per heavy atom. The highest BCUT2D eigenvalue weighted by Gasteiger charge is 2.32. The Labute approximate surface area is 150 Å². The first-order valence-corrected chi connectivity index (χ1v) is 8.63. The van der Waals surface area contributed by atoms with Gasteiger partial charge in [-0.1, -0.05) is 24.3 Å². The molecule has 5 nitrogen and oxygen atoms in total. The predicted molar refractivity (Wildman–Crippen MR) is 97.1 cm³/mol. The van der Waals surface area contributed by atoms with Crippen LogP contribution in [0, 0.1) is 6.92 Å². The molecule has 0 unspecified atom stereocenters. The van der Waals surface area contributed by atoms with Crippen molar-refractivity contribution in [3.63, 3.8) is 0 Å². The number of aliphatic carboxylic acids is 1. The minimum absolute atomic E-state index is 0.101. The first-order valence-electron chi connectivity index (χ1n) is 8.63. The molecule has 2 aromatic carbocycles. The Morgan fingerprint density at radius 2 is 2.00 bits per heavy atom. The maximum absolute atomic E-state index is 13.2. The standard InChI is InChI=1S/C21H19NO4/c1-13-10-16-11-15(6-7-19(16)26-13)21(25)22-9-8-14-4-2-3-5-17(14)18(22)12-20(23)24/h2-7,10-11,18H,8-9,12H2,1H3,(H,23,24)/t18-/m0/s1. The molecule has 0 aliphatic carbocycles. The van der Waals surface area contributed by atoms with E-state index in [1.165, 1.54) is 0 Å². The molecule has 26 heavy (non-hydrogen) atoms. The molecule has 0 saturated carbocycles. The molecule has 1 amide bonds. The molecule has 0 spiro atoms. The quantitative estimate of drug-likeness (QED) is 0.777. The molecule has 0 saturated heterocycles. The molecular formula is C21H19NO4. The maximum atomic E-state index is 13.2. The van der Waals surface area contributed by atoms with Gasteiger partial charge in [0.25, 0.3) is 5.91 Å². The average molecular weight is 349 g/mol. The lowest BCUT2D eigenvalue weighted by molar-refractivity contribution is -0.138. The van der Waals surface area contributed by atoms with E-state index in [0.717, 1.165) is 34.3 Å². The average Bonchev–Trinajstić information content (AvgIpc) is 3.00. The van der Waals surface area contributed by atoms with Crippen LogP contribution in [0.2, 0.25) is 0 Å². The molecule has 0 radical (unpaired) electrons. The van der Waals surface area contributed by atoms with Crippen LogP contribution < -0.4 is 0 Å². The summed E-state index contributed by atoms with van der Waals surface area (Å²) < 4.78 is 5.57. The third kappa shape index (κ3) is 2.86. The van der Waals surface area contributed by atoms with Crippen molar-refractivity contribution in [1.82, 2.24) is 4.90 Å². The van der Waals surface area contributed by atoms with Gasteiger partial charge >= 0.3 is 5.97 Å². The molecule has 132 valence electrons. The van der Waals surface area contributed by atoms with Gasteiger partial charge in [-0.15, -0.1) is 0 Å². The Balaban J connectivity index is 1.71. The van der Waals surface area contributed by atoms with E-state index in [4.69, 9.17) is 4.42 Å². The normalized spacial score (nSPS) is 16.5. The van der Waals surface area contributed by atoms with E-state index in [-0.39, 0.29) is 12.3 Å². The van der Waals surface area contributed by atoms with Crippen LogP contribution in [0.15, 0.2) is 52.9 Å². The van der Waals surface area contributed by atoms with Gasteiger partial charge in [-0.2, -0.15) is 0 Å². The summed E-state index contributed by atoms with van der Waals surface area (Å²) in [6, 6.07) is 14.6. The van der Waals surface area contributed by atoms with E-state index in [1.807, 2.05) is 43.3 Å². The lowest BCUT2D eigenvalue weighted by Gasteiger charge is -2.36. The highest BCUT2D eigenvalue weighted by molar-refractivity contribution is 5.98. The SMILES string of the molecule is Cc1cc2cc(C(=O)N3CCc4ccccc4[C@@H]3CC(=O)O)ccc2o1. The second kappa shape index (κ2) is 6.33. The fourth-order valence-electron chi connectivity index (χ4n) is 3.76. The highest BCUT2D eigenvalue weighted by Crippen LogP contribution is 2.33. The number of carboxylic acids is 1. The van der Waals surface area contributed by atoms with Gasteiger partial charge in [-0.05, 0) is 48.7 Å². The summed E-state index contributed by atoms with van der Waals surface area (Å²) in [6.07, 6.45) is 0.626. The van der Waals surface area contributed by atoms with Crippen LogP contribution in [-0.2, 0) is 11.2 Å². The second-order valence-corrected chi connectivity index (χ2v) is 6.67. The van der Waals surface area contributed by atoms with Crippen LogP contribution in [0.25, 0.3) is 11.0 Å². The van der Waals surface area contributed by atoms with Gasteiger partial charge < -0.3 is 14.4 Å². The summed E-state index contributed by atoms with van der Waals surface area (Å²) in [4.78, 5) is 26.2. The number of carbonyl (C=O) groups excluding carboxylic acids is 1. The molecule has 1 N–H and O–H groups in total. The van der Waals surface area contributed by atoms with E-state index >= 15 is 0 Å². The number of carboxylic acid groups (broad SMARTS) is 1. The van der Waals surface area contributed by atoms with E-state index in [0.29, 0.717) is 12.1 Å². The highest BCUT2D eigenvalue weighted by atomic mass is 16.4. The molecule has 0 bridgehead atoms. The lowest BCUT2D eigenvalue weighted by atomic mass is 9.90. The van der Waals surface area contributed by atoms with Crippen molar-refractivity contribution in [3.8, 4) is 0 Å². The van der Waals surface area contributed by atoms with Crippen LogP contribution >= 0.6 is 0 Å². The monoisotopic (exact) mass is 349 g/mol. The third-order valence-electron chi connectivity index (χ3n) is 4.93. The molecule has 3 aromatic rings. The maximum Gasteiger partial charge on any atom is 0.305 e. The van der Waals surface area contributed by atoms with Gasteiger partial charge in [0.2, 0.25) is 0 Å². The fraction of sp³-hybridized carbons (Fsp3) is 0.238. The summed E-state index contributed by atoms with van der Waals surface area (Å²) in [5, 5.41) is 10.2. The van der Waals surface area contributed by atoms with Crippen LogP contribution in [0.5, 0.6) is 0 Å². The zero-order valence-electron chi connectivity index (χ0n) is 14.4. The Kier molecular flexibility index (Phi) is 3.99. The predicted octanol–water partition coefficient (Wildman–Crippen LogP) is 3.96. The molecule has 1 aliphatic heterocycles. The Bertz CT molecular complexity index is 1000. The molecule has 2 heterocycles. The van der Waals surface area contributed by atoms with Crippen molar-refractivity contribution in [2.75, 3.05) is 6.54 Å². The number of hydrogen-bond donors (Lipinski definition) is 1. The minimum Gasteiger partial charge on any atom is -0.481 e. The van der Waals surface area contributed by atoms with Crippen molar-refractivity contribution in [1.29, 1.82) is 0 Å². The van der Waals surface area contributed by atoms with Gasteiger partial charge in [0.15, 0.2) is 0 Å². The number of amides is 1. The van der Waals surface area contributed by atoms with Crippen molar-refractivity contribution in [2.24, 2.45) is 0 Å². The smallest absolute Gasteiger partial charge is 0.305 e. The summed E-state index contributed by atoms with van der Waals surface area (Å²) in [7, 11) is 0. The molecule has 1 aromatic heterocycles. The first kappa shape index (κ1) is 16.4. The molecule has 4 rings (SSSR count). The number of benzene rings is 2. The molecule has 5 heteroatoms. The number of carbonyl (C=O) groups is 2. The third-order valence-corrected chi connectivity index (χ3v) is 4.93. The summed E-state index contributed by atoms with van der Waals surface area (Å²) >= 11 is 0. The van der Waals surface area contributed by atoms with Crippen molar-refractivity contribution in [3.05, 3.63) is 71.0 Å². The first-order chi connectivity index (χ1) is 12.5. The van der Waals surface area contributed by atoms with Gasteiger partial charge in [0, 0.05) is 17.5 Å². The number of nitrogens with zero attached hydrogens (tertiary/aromatic N) is 1.